The molecule has 0 amide bonds. The Hall–Kier alpha value is -0.410. The molecule has 0 unspecified atom stereocenters. The highest BCUT2D eigenvalue weighted by Crippen LogP contribution is 2.38. The van der Waals surface area contributed by atoms with E-state index in [1.807, 2.05) is 6.20 Å². The number of aromatic nitrogens is 1. The van der Waals surface area contributed by atoms with Gasteiger partial charge in [0.2, 0.25) is 0 Å². The first-order chi connectivity index (χ1) is 11.7. The third-order valence-electron chi connectivity index (χ3n) is 4.85. The fourth-order valence-electron chi connectivity index (χ4n) is 3.40. The van der Waals surface area contributed by atoms with Crippen LogP contribution in [0.4, 0.5) is 0 Å². The molecule has 2 rings (SSSR count). The molecule has 0 radical (unpaired) electrons. The van der Waals surface area contributed by atoms with E-state index in [1.165, 1.54) is 37.0 Å². The summed E-state index contributed by atoms with van der Waals surface area (Å²) in [6.45, 7) is 6.85. The summed E-state index contributed by atoms with van der Waals surface area (Å²) in [5.41, 5.74) is 0.222. The van der Waals surface area contributed by atoms with E-state index in [0.717, 1.165) is 36.9 Å². The molecule has 5 nitrogen and oxygen atoms in total. The average molecular weight is 480 g/mol. The topological polar surface area (TPSA) is 69.5 Å². The Bertz CT molecular complexity index is 509. The molecule has 0 spiro atoms. The van der Waals surface area contributed by atoms with Crippen LogP contribution in [-0.4, -0.2) is 35.7 Å². The summed E-state index contributed by atoms with van der Waals surface area (Å²) in [7, 11) is 0. The fraction of sp³-hybridized carbons (Fsp3) is 0.778. The van der Waals surface area contributed by atoms with Gasteiger partial charge >= 0.3 is 0 Å². The van der Waals surface area contributed by atoms with Crippen LogP contribution in [0, 0.1) is 5.41 Å². The van der Waals surface area contributed by atoms with Gasteiger partial charge in [0.25, 0.3) is 0 Å². The van der Waals surface area contributed by atoms with Gasteiger partial charge in [-0.2, -0.15) is 0 Å². The van der Waals surface area contributed by atoms with Crippen LogP contribution in [0.1, 0.15) is 62.3 Å². The van der Waals surface area contributed by atoms with Gasteiger partial charge < -0.3 is 15.7 Å². The number of aryl methyl sites for hydroxylation is 1. The van der Waals surface area contributed by atoms with Crippen molar-refractivity contribution in [3.05, 3.63) is 16.1 Å². The Balaban J connectivity index is 0.00000312. The van der Waals surface area contributed by atoms with E-state index in [-0.39, 0.29) is 36.0 Å². The van der Waals surface area contributed by atoms with Crippen molar-refractivity contribution in [3.63, 3.8) is 0 Å². The van der Waals surface area contributed by atoms with Crippen LogP contribution in [0.5, 0.6) is 0 Å². The number of thiazole rings is 1. The third-order valence-corrected chi connectivity index (χ3v) is 5.98. The number of halogens is 1. The molecule has 0 saturated heterocycles. The quantitative estimate of drug-likeness (QED) is 0.302. The van der Waals surface area contributed by atoms with Gasteiger partial charge in [0.05, 0.1) is 6.54 Å². The summed E-state index contributed by atoms with van der Waals surface area (Å²) in [4.78, 5) is 10.4. The smallest absolute Gasteiger partial charge is 0.191 e. The first kappa shape index (κ1) is 22.6. The Kier molecular flexibility index (Phi) is 10.9. The normalized spacial score (nSPS) is 17.0. The molecule has 3 N–H and O–H groups in total. The van der Waals surface area contributed by atoms with E-state index >= 15 is 0 Å². The molecule has 1 aromatic heterocycles. The number of hydrogen-bond donors (Lipinski definition) is 3. The van der Waals surface area contributed by atoms with Crippen molar-refractivity contribution >= 4 is 41.3 Å². The molecule has 1 aliphatic carbocycles. The summed E-state index contributed by atoms with van der Waals surface area (Å²) >= 11 is 1.74. The SMILES string of the molecule is CCNC(=NCc1ncc(CC)s1)NCC1(CCO)CCCCC1.I. The first-order valence-electron chi connectivity index (χ1n) is 9.28. The second-order valence-electron chi connectivity index (χ2n) is 6.66. The van der Waals surface area contributed by atoms with Crippen LogP contribution in [0.2, 0.25) is 0 Å². The number of aliphatic imine (C=N–C) groups is 1. The van der Waals surface area contributed by atoms with Crippen molar-refractivity contribution in [1.29, 1.82) is 0 Å². The largest absolute Gasteiger partial charge is 0.396 e. The maximum atomic E-state index is 9.45. The number of nitrogens with one attached hydrogen (secondary N) is 2. The zero-order valence-electron chi connectivity index (χ0n) is 15.5. The number of guanidine groups is 1. The lowest BCUT2D eigenvalue weighted by atomic mass is 9.72. The first-order valence-corrected chi connectivity index (χ1v) is 10.1. The molecule has 0 bridgehead atoms. The lowest BCUT2D eigenvalue weighted by Crippen LogP contribution is -2.44. The van der Waals surface area contributed by atoms with Crippen molar-refractivity contribution < 1.29 is 5.11 Å². The highest BCUT2D eigenvalue weighted by atomic mass is 127. The standard InChI is InChI=1S/C18H32N4OS.HI/c1-3-15-12-20-16(24-15)13-21-17(19-4-2)22-14-18(10-11-23)8-6-5-7-9-18;/h12,23H,3-11,13-14H2,1-2H3,(H2,19,21,22);1H. The minimum Gasteiger partial charge on any atom is -0.396 e. The molecule has 1 fully saturated rings. The maximum absolute atomic E-state index is 9.45. The van der Waals surface area contributed by atoms with E-state index < -0.39 is 0 Å². The number of aliphatic hydroxyl groups is 1. The summed E-state index contributed by atoms with van der Waals surface area (Å²) in [6.07, 6.45) is 10.1. The lowest BCUT2D eigenvalue weighted by Gasteiger charge is -2.37. The van der Waals surface area contributed by atoms with Gasteiger partial charge in [-0.1, -0.05) is 26.2 Å². The van der Waals surface area contributed by atoms with Crippen molar-refractivity contribution in [2.75, 3.05) is 19.7 Å². The van der Waals surface area contributed by atoms with Gasteiger partial charge in [-0.3, -0.25) is 0 Å². The van der Waals surface area contributed by atoms with Crippen LogP contribution in [0.15, 0.2) is 11.2 Å². The molecule has 1 aromatic rings. The summed E-state index contributed by atoms with van der Waals surface area (Å²) in [5, 5.41) is 17.3. The van der Waals surface area contributed by atoms with Gasteiger partial charge in [-0.25, -0.2) is 9.98 Å². The Morgan fingerprint density at radius 3 is 2.64 bits per heavy atom. The highest BCUT2D eigenvalue weighted by molar-refractivity contribution is 14.0. The Morgan fingerprint density at radius 1 is 1.28 bits per heavy atom. The molecule has 1 aliphatic rings. The Labute approximate surface area is 173 Å². The van der Waals surface area contributed by atoms with Crippen molar-refractivity contribution in [2.45, 2.75) is 65.3 Å². The van der Waals surface area contributed by atoms with Crippen molar-refractivity contribution in [2.24, 2.45) is 10.4 Å². The van der Waals surface area contributed by atoms with E-state index in [0.29, 0.717) is 6.54 Å². The fourth-order valence-corrected chi connectivity index (χ4v) is 4.19. The van der Waals surface area contributed by atoms with Crippen LogP contribution in [0.3, 0.4) is 0 Å². The number of hydrogen-bond acceptors (Lipinski definition) is 4. The van der Waals surface area contributed by atoms with Gasteiger partial charge in [0.1, 0.15) is 5.01 Å². The zero-order chi connectivity index (χ0) is 17.3. The van der Waals surface area contributed by atoms with Gasteiger partial charge in [0, 0.05) is 30.8 Å². The minimum atomic E-state index is 0. The molecular formula is C18H33IN4OS. The molecule has 7 heteroatoms. The predicted molar refractivity (Wildman–Crippen MR) is 117 cm³/mol. The van der Waals surface area contributed by atoms with Crippen LogP contribution >= 0.6 is 35.3 Å². The lowest BCUT2D eigenvalue weighted by molar-refractivity contribution is 0.131. The molecule has 0 aromatic carbocycles. The van der Waals surface area contributed by atoms with Gasteiger partial charge in [-0.05, 0) is 38.0 Å². The van der Waals surface area contributed by atoms with Gasteiger partial charge in [-0.15, -0.1) is 35.3 Å². The monoisotopic (exact) mass is 480 g/mol. The average Bonchev–Trinajstić information content (AvgIpc) is 3.07. The molecule has 25 heavy (non-hydrogen) atoms. The highest BCUT2D eigenvalue weighted by Gasteiger charge is 2.31. The van der Waals surface area contributed by atoms with Crippen LogP contribution in [-0.2, 0) is 13.0 Å². The van der Waals surface area contributed by atoms with Gasteiger partial charge in [0.15, 0.2) is 5.96 Å². The molecule has 1 saturated carbocycles. The second-order valence-corrected chi connectivity index (χ2v) is 7.86. The minimum absolute atomic E-state index is 0. The summed E-state index contributed by atoms with van der Waals surface area (Å²) < 4.78 is 0. The molecule has 1 heterocycles. The summed E-state index contributed by atoms with van der Waals surface area (Å²) in [5.74, 6) is 0.855. The zero-order valence-corrected chi connectivity index (χ0v) is 18.7. The second kappa shape index (κ2) is 12.1. The van der Waals surface area contributed by atoms with E-state index in [9.17, 15) is 5.11 Å². The molecule has 144 valence electrons. The Morgan fingerprint density at radius 2 is 2.04 bits per heavy atom. The maximum Gasteiger partial charge on any atom is 0.191 e. The molecule has 0 aliphatic heterocycles. The third kappa shape index (κ3) is 7.38. The van der Waals surface area contributed by atoms with Crippen LogP contribution < -0.4 is 10.6 Å². The van der Waals surface area contributed by atoms with E-state index in [4.69, 9.17) is 0 Å². The van der Waals surface area contributed by atoms with E-state index in [1.54, 1.807) is 11.3 Å². The predicted octanol–water partition coefficient (Wildman–Crippen LogP) is 3.71. The molecule has 0 atom stereocenters. The number of aliphatic hydroxyl groups excluding tert-OH is 1. The van der Waals surface area contributed by atoms with Crippen molar-refractivity contribution in [1.82, 2.24) is 15.6 Å². The van der Waals surface area contributed by atoms with Crippen LogP contribution in [0.25, 0.3) is 0 Å². The van der Waals surface area contributed by atoms with Crippen molar-refractivity contribution in [3.8, 4) is 0 Å². The number of rotatable bonds is 8. The molecular weight excluding hydrogens is 447 g/mol. The summed E-state index contributed by atoms with van der Waals surface area (Å²) in [6, 6.07) is 0. The number of nitrogens with zero attached hydrogens (tertiary/aromatic N) is 2. The van der Waals surface area contributed by atoms with E-state index in [2.05, 4.69) is 34.5 Å².